The third-order valence-corrected chi connectivity index (χ3v) is 2.68. The number of nitrogens with one attached hydrogen (secondary N) is 1. The molecular formula is C12H18N4. The van der Waals surface area contributed by atoms with Crippen LogP contribution in [0.3, 0.4) is 0 Å². The van der Waals surface area contributed by atoms with Crippen LogP contribution in [0.4, 0.5) is 0 Å². The van der Waals surface area contributed by atoms with E-state index in [0.717, 1.165) is 37.3 Å². The zero-order valence-electron chi connectivity index (χ0n) is 9.90. The fourth-order valence-corrected chi connectivity index (χ4v) is 1.93. The zero-order valence-corrected chi connectivity index (χ0v) is 9.90. The van der Waals surface area contributed by atoms with Gasteiger partial charge >= 0.3 is 0 Å². The van der Waals surface area contributed by atoms with Gasteiger partial charge in [0, 0.05) is 25.7 Å². The molecular weight excluding hydrogens is 200 g/mol. The van der Waals surface area contributed by atoms with Crippen LogP contribution in [-0.4, -0.2) is 28.1 Å². The van der Waals surface area contributed by atoms with Crippen LogP contribution in [0.1, 0.15) is 19.2 Å². The van der Waals surface area contributed by atoms with E-state index >= 15 is 0 Å². The summed E-state index contributed by atoms with van der Waals surface area (Å²) in [5, 5.41) is 3.16. The minimum absolute atomic E-state index is 0.959. The van der Waals surface area contributed by atoms with Crippen LogP contribution in [0.5, 0.6) is 0 Å². The second-order valence-electron chi connectivity index (χ2n) is 3.90. The molecule has 16 heavy (non-hydrogen) atoms. The third kappa shape index (κ3) is 2.07. The van der Waals surface area contributed by atoms with E-state index in [1.165, 1.54) is 5.52 Å². The van der Waals surface area contributed by atoms with Crippen molar-refractivity contribution in [1.29, 1.82) is 0 Å². The van der Waals surface area contributed by atoms with Gasteiger partial charge in [-0.2, -0.15) is 0 Å². The number of fused-ring (bicyclic) bond motifs is 1. The second kappa shape index (κ2) is 5.07. The first-order valence-corrected chi connectivity index (χ1v) is 5.80. The monoisotopic (exact) mass is 218 g/mol. The smallest absolute Gasteiger partial charge is 0.111 e. The van der Waals surface area contributed by atoms with Crippen molar-refractivity contribution in [3.8, 4) is 0 Å². The van der Waals surface area contributed by atoms with Gasteiger partial charge in [-0.3, -0.25) is 4.98 Å². The maximum absolute atomic E-state index is 4.63. The summed E-state index contributed by atoms with van der Waals surface area (Å²) < 4.78 is 2.30. The van der Waals surface area contributed by atoms with Crippen LogP contribution in [0, 0.1) is 0 Å². The van der Waals surface area contributed by atoms with Gasteiger partial charge in [0.2, 0.25) is 0 Å². The van der Waals surface area contributed by atoms with Gasteiger partial charge in [-0.05, 0) is 19.5 Å². The number of nitrogens with zero attached hydrogens (tertiary/aromatic N) is 3. The number of aromatic nitrogens is 3. The summed E-state index contributed by atoms with van der Waals surface area (Å²) in [6.07, 6.45) is 5.76. The molecule has 0 radical (unpaired) electrons. The molecule has 1 N–H and O–H groups in total. The van der Waals surface area contributed by atoms with Crippen molar-refractivity contribution in [2.45, 2.75) is 26.3 Å². The average Bonchev–Trinajstić information content (AvgIpc) is 2.66. The Morgan fingerprint density at radius 3 is 3.06 bits per heavy atom. The van der Waals surface area contributed by atoms with Crippen LogP contribution in [0.25, 0.3) is 11.0 Å². The first-order chi connectivity index (χ1) is 7.86. The lowest BCUT2D eigenvalue weighted by Gasteiger charge is -2.06. The summed E-state index contributed by atoms with van der Waals surface area (Å²) in [5.41, 5.74) is 2.20. The van der Waals surface area contributed by atoms with Gasteiger partial charge < -0.3 is 9.88 Å². The van der Waals surface area contributed by atoms with Crippen LogP contribution >= 0.6 is 0 Å². The van der Waals surface area contributed by atoms with Crippen molar-refractivity contribution in [2.75, 3.05) is 13.6 Å². The van der Waals surface area contributed by atoms with E-state index in [1.54, 1.807) is 0 Å². The van der Waals surface area contributed by atoms with Gasteiger partial charge in [-0.1, -0.05) is 6.92 Å². The number of aryl methyl sites for hydroxylation is 1. The van der Waals surface area contributed by atoms with E-state index in [0.29, 0.717) is 0 Å². The largest absolute Gasteiger partial charge is 0.328 e. The second-order valence-corrected chi connectivity index (χ2v) is 3.90. The summed E-state index contributed by atoms with van der Waals surface area (Å²) in [4.78, 5) is 8.75. The normalized spacial score (nSPS) is 11.1. The molecule has 0 aliphatic rings. The average molecular weight is 218 g/mol. The highest BCUT2D eigenvalue weighted by Crippen LogP contribution is 2.15. The molecule has 2 rings (SSSR count). The van der Waals surface area contributed by atoms with Crippen molar-refractivity contribution >= 4 is 11.0 Å². The van der Waals surface area contributed by atoms with Crippen LogP contribution < -0.4 is 5.32 Å². The number of likely N-dealkylation sites (N-methyl/N-ethyl adjacent to an activating group) is 1. The lowest BCUT2D eigenvalue weighted by Crippen LogP contribution is -2.14. The molecule has 2 heterocycles. The van der Waals surface area contributed by atoms with Crippen LogP contribution in [-0.2, 0) is 13.0 Å². The molecule has 86 valence electrons. The maximum Gasteiger partial charge on any atom is 0.111 e. The predicted octanol–water partition coefficient (Wildman–Crippen LogP) is 1.60. The molecule has 0 aliphatic heterocycles. The molecule has 2 aromatic rings. The highest BCUT2D eigenvalue weighted by atomic mass is 15.1. The molecule has 4 heteroatoms. The van der Waals surface area contributed by atoms with E-state index < -0.39 is 0 Å². The minimum Gasteiger partial charge on any atom is -0.328 e. The van der Waals surface area contributed by atoms with E-state index in [1.807, 2.05) is 25.5 Å². The fraction of sp³-hybridized carbons (Fsp3) is 0.500. The molecule has 4 nitrogen and oxygen atoms in total. The number of imidazole rings is 1. The minimum atomic E-state index is 0.959. The number of hydrogen-bond donors (Lipinski definition) is 1. The predicted molar refractivity (Wildman–Crippen MR) is 65.4 cm³/mol. The Kier molecular flexibility index (Phi) is 3.51. The lowest BCUT2D eigenvalue weighted by molar-refractivity contribution is 0.638. The van der Waals surface area contributed by atoms with Gasteiger partial charge in [0.1, 0.15) is 11.3 Å². The van der Waals surface area contributed by atoms with Crippen molar-refractivity contribution in [1.82, 2.24) is 19.9 Å². The van der Waals surface area contributed by atoms with E-state index in [-0.39, 0.29) is 0 Å². The first kappa shape index (κ1) is 11.1. The molecule has 0 bridgehead atoms. The van der Waals surface area contributed by atoms with Gasteiger partial charge in [-0.25, -0.2) is 4.98 Å². The van der Waals surface area contributed by atoms with Gasteiger partial charge in [0.25, 0.3) is 0 Å². The Morgan fingerprint density at radius 1 is 1.44 bits per heavy atom. The van der Waals surface area contributed by atoms with Crippen molar-refractivity contribution in [3.05, 3.63) is 24.3 Å². The van der Waals surface area contributed by atoms with Gasteiger partial charge in [-0.15, -0.1) is 0 Å². The Labute approximate surface area is 95.7 Å². The molecule has 0 aliphatic carbocycles. The third-order valence-electron chi connectivity index (χ3n) is 2.68. The molecule has 0 saturated carbocycles. The van der Waals surface area contributed by atoms with Crippen LogP contribution in [0.2, 0.25) is 0 Å². The lowest BCUT2D eigenvalue weighted by atomic mass is 10.3. The highest BCUT2D eigenvalue weighted by Gasteiger charge is 2.08. The Bertz CT molecular complexity index is 461. The van der Waals surface area contributed by atoms with E-state index in [4.69, 9.17) is 0 Å². The van der Waals surface area contributed by atoms with Gasteiger partial charge in [0.05, 0.1) is 11.7 Å². The quantitative estimate of drug-likeness (QED) is 0.829. The maximum atomic E-state index is 4.63. The zero-order chi connectivity index (χ0) is 11.4. The standard InChI is InChI=1S/C12H18N4/c1-3-8-16-11-4-7-14-9-10(11)15-12(16)5-6-13-2/h4,7,9,13H,3,5-6,8H2,1-2H3. The van der Waals surface area contributed by atoms with Crippen molar-refractivity contribution in [3.63, 3.8) is 0 Å². The molecule has 0 saturated heterocycles. The Morgan fingerprint density at radius 2 is 2.31 bits per heavy atom. The molecule has 0 aromatic carbocycles. The number of pyridine rings is 1. The molecule has 2 aromatic heterocycles. The Hall–Kier alpha value is -1.42. The summed E-state index contributed by atoms with van der Waals surface area (Å²) in [7, 11) is 1.97. The topological polar surface area (TPSA) is 42.7 Å². The highest BCUT2D eigenvalue weighted by molar-refractivity contribution is 5.74. The summed E-state index contributed by atoms with van der Waals surface area (Å²) >= 11 is 0. The Balaban J connectivity index is 2.41. The molecule has 0 fully saturated rings. The summed E-state index contributed by atoms with van der Waals surface area (Å²) in [6.45, 7) is 4.18. The molecule has 0 spiro atoms. The van der Waals surface area contributed by atoms with Crippen LogP contribution in [0.15, 0.2) is 18.5 Å². The van der Waals surface area contributed by atoms with E-state index in [9.17, 15) is 0 Å². The van der Waals surface area contributed by atoms with Crippen molar-refractivity contribution in [2.24, 2.45) is 0 Å². The fourth-order valence-electron chi connectivity index (χ4n) is 1.93. The van der Waals surface area contributed by atoms with Crippen molar-refractivity contribution < 1.29 is 0 Å². The summed E-state index contributed by atoms with van der Waals surface area (Å²) in [5.74, 6) is 1.15. The SMILES string of the molecule is CCCn1c(CCNC)nc2cnccc21. The number of rotatable bonds is 5. The van der Waals surface area contributed by atoms with E-state index in [2.05, 4.69) is 26.8 Å². The van der Waals surface area contributed by atoms with Gasteiger partial charge in [0.15, 0.2) is 0 Å². The first-order valence-electron chi connectivity index (χ1n) is 5.80. The summed E-state index contributed by atoms with van der Waals surface area (Å²) in [6, 6.07) is 2.04. The number of hydrogen-bond acceptors (Lipinski definition) is 3. The molecule has 0 amide bonds. The molecule has 0 unspecified atom stereocenters. The molecule has 0 atom stereocenters.